The molecule has 0 N–H and O–H groups in total. The van der Waals surface area contributed by atoms with Gasteiger partial charge in [-0.05, 0) is 59.1 Å². The largest absolute Gasteiger partial charge is 0.338 e. The van der Waals surface area contributed by atoms with Crippen LogP contribution in [0.15, 0.2) is 30.3 Å². The minimum Gasteiger partial charge on any atom is -0.338 e. The van der Waals surface area contributed by atoms with Gasteiger partial charge in [-0.1, -0.05) is 38.1 Å². The summed E-state index contributed by atoms with van der Waals surface area (Å²) in [6.45, 7) is 6.30. The molecule has 1 amide bonds. The van der Waals surface area contributed by atoms with E-state index < -0.39 is 0 Å². The number of aryl methyl sites for hydroxylation is 2. The van der Waals surface area contributed by atoms with Crippen molar-refractivity contribution in [3.05, 3.63) is 47.0 Å². The second-order valence-electron chi connectivity index (χ2n) is 7.27. The van der Waals surface area contributed by atoms with E-state index in [-0.39, 0.29) is 5.91 Å². The summed E-state index contributed by atoms with van der Waals surface area (Å²) in [6.07, 6.45) is 3.46. The fraction of sp³-hybridized carbons (Fsp3) is 0.450. The second-order valence-corrected chi connectivity index (χ2v) is 7.27. The fourth-order valence-electron chi connectivity index (χ4n) is 4.43. The molecule has 0 spiro atoms. The number of amides is 1. The molecule has 1 fully saturated rings. The van der Waals surface area contributed by atoms with Gasteiger partial charge in [0.25, 0.3) is 5.91 Å². The molecule has 1 aliphatic heterocycles. The Morgan fingerprint density at radius 2 is 1.68 bits per heavy atom. The summed E-state index contributed by atoms with van der Waals surface area (Å²) >= 11 is 0. The maximum Gasteiger partial charge on any atom is 0.254 e. The average Bonchev–Trinajstić information content (AvgIpc) is 2.91. The van der Waals surface area contributed by atoms with Crippen LogP contribution in [0.3, 0.4) is 0 Å². The topological polar surface area (TPSA) is 20.3 Å². The molecule has 22 heavy (non-hydrogen) atoms. The van der Waals surface area contributed by atoms with Gasteiger partial charge < -0.3 is 4.90 Å². The Labute approximate surface area is 132 Å². The maximum absolute atomic E-state index is 13.1. The van der Waals surface area contributed by atoms with E-state index in [1.807, 2.05) is 0 Å². The van der Waals surface area contributed by atoms with Gasteiger partial charge in [-0.25, -0.2) is 0 Å². The van der Waals surface area contributed by atoms with Crippen molar-refractivity contribution >= 4 is 16.7 Å². The van der Waals surface area contributed by atoms with Crippen LogP contribution in [0.1, 0.15) is 41.8 Å². The number of likely N-dealkylation sites (tertiary alicyclic amines) is 1. The summed E-state index contributed by atoms with van der Waals surface area (Å²) in [6, 6.07) is 10.7. The number of carbonyl (C=O) groups is 1. The minimum atomic E-state index is 0.217. The monoisotopic (exact) mass is 293 g/mol. The van der Waals surface area contributed by atoms with Gasteiger partial charge in [0.1, 0.15) is 0 Å². The van der Waals surface area contributed by atoms with Crippen molar-refractivity contribution in [3.63, 3.8) is 0 Å². The predicted molar refractivity (Wildman–Crippen MR) is 90.2 cm³/mol. The van der Waals surface area contributed by atoms with Gasteiger partial charge in [-0.15, -0.1) is 0 Å². The molecule has 1 saturated heterocycles. The number of rotatable bonds is 1. The van der Waals surface area contributed by atoms with E-state index in [0.717, 1.165) is 36.9 Å². The molecular formula is C20H23NO. The molecule has 114 valence electrons. The van der Waals surface area contributed by atoms with Crippen molar-refractivity contribution in [2.45, 2.75) is 33.1 Å². The van der Waals surface area contributed by atoms with Crippen LogP contribution in [-0.4, -0.2) is 23.9 Å². The lowest BCUT2D eigenvalue weighted by Crippen LogP contribution is -2.42. The molecule has 2 nitrogen and oxygen atoms in total. The highest BCUT2D eigenvalue weighted by Gasteiger charge is 2.28. The highest BCUT2D eigenvalue weighted by Crippen LogP contribution is 2.34. The SMILES string of the molecule is C[C@@H]1C[C@H](C)CN(C(=O)c2ccc3c4c(cccc24)CC3)C1. The van der Waals surface area contributed by atoms with Crippen LogP contribution in [-0.2, 0) is 12.8 Å². The van der Waals surface area contributed by atoms with Gasteiger partial charge >= 0.3 is 0 Å². The molecule has 2 aliphatic rings. The molecule has 2 heteroatoms. The quantitative estimate of drug-likeness (QED) is 0.776. The summed E-state index contributed by atoms with van der Waals surface area (Å²) < 4.78 is 0. The second kappa shape index (κ2) is 5.12. The fourth-order valence-corrected chi connectivity index (χ4v) is 4.43. The Hall–Kier alpha value is -1.83. The lowest BCUT2D eigenvalue weighted by Gasteiger charge is -2.35. The molecule has 1 heterocycles. The van der Waals surface area contributed by atoms with E-state index >= 15 is 0 Å². The number of nitrogens with zero attached hydrogens (tertiary/aromatic N) is 1. The third-order valence-corrected chi connectivity index (χ3v) is 5.26. The molecule has 0 radical (unpaired) electrons. The van der Waals surface area contributed by atoms with Crippen LogP contribution in [0.2, 0.25) is 0 Å². The Morgan fingerprint density at radius 1 is 1.00 bits per heavy atom. The van der Waals surface area contributed by atoms with Crippen molar-refractivity contribution in [2.75, 3.05) is 13.1 Å². The van der Waals surface area contributed by atoms with Crippen LogP contribution in [0, 0.1) is 11.8 Å². The van der Waals surface area contributed by atoms with Crippen LogP contribution in [0.5, 0.6) is 0 Å². The van der Waals surface area contributed by atoms with Crippen LogP contribution < -0.4 is 0 Å². The van der Waals surface area contributed by atoms with E-state index in [2.05, 4.69) is 49.1 Å². The summed E-state index contributed by atoms with van der Waals surface area (Å²) in [7, 11) is 0. The first-order chi connectivity index (χ1) is 10.6. The van der Waals surface area contributed by atoms with Gasteiger partial charge in [0.2, 0.25) is 0 Å². The smallest absolute Gasteiger partial charge is 0.254 e. The standard InChI is InChI=1S/C20H23NO/c1-13-10-14(2)12-21(11-13)20(22)18-9-8-16-7-6-15-4-3-5-17(18)19(15)16/h3-5,8-9,13-14H,6-7,10-12H2,1-2H3/t13-,14+. The number of carbonyl (C=O) groups excluding carboxylic acids is 1. The van der Waals surface area contributed by atoms with Crippen molar-refractivity contribution in [1.29, 1.82) is 0 Å². The first-order valence-corrected chi connectivity index (χ1v) is 8.46. The normalized spacial score (nSPS) is 24.0. The van der Waals surface area contributed by atoms with Crippen LogP contribution in [0.4, 0.5) is 0 Å². The lowest BCUT2D eigenvalue weighted by molar-refractivity contribution is 0.0625. The highest BCUT2D eigenvalue weighted by atomic mass is 16.2. The number of hydrogen-bond donors (Lipinski definition) is 0. The zero-order chi connectivity index (χ0) is 15.3. The van der Waals surface area contributed by atoms with Gasteiger partial charge in [-0.2, -0.15) is 0 Å². The van der Waals surface area contributed by atoms with Crippen molar-refractivity contribution in [1.82, 2.24) is 4.90 Å². The van der Waals surface area contributed by atoms with E-state index in [4.69, 9.17) is 0 Å². The number of benzene rings is 2. The molecule has 0 saturated carbocycles. The summed E-state index contributed by atoms with van der Waals surface area (Å²) in [5.74, 6) is 1.42. The van der Waals surface area contributed by atoms with Gasteiger partial charge in [0.05, 0.1) is 0 Å². The zero-order valence-electron chi connectivity index (χ0n) is 13.4. The summed E-state index contributed by atoms with van der Waals surface area (Å²) in [5, 5.41) is 2.50. The molecule has 4 rings (SSSR count). The Morgan fingerprint density at radius 3 is 2.41 bits per heavy atom. The van der Waals surface area contributed by atoms with Crippen molar-refractivity contribution in [3.8, 4) is 0 Å². The van der Waals surface area contributed by atoms with Gasteiger partial charge in [0.15, 0.2) is 0 Å². The van der Waals surface area contributed by atoms with Crippen LogP contribution in [0.25, 0.3) is 10.8 Å². The summed E-state index contributed by atoms with van der Waals surface area (Å²) in [4.78, 5) is 15.1. The summed E-state index contributed by atoms with van der Waals surface area (Å²) in [5.41, 5.74) is 3.70. The Kier molecular flexibility index (Phi) is 3.21. The number of hydrogen-bond acceptors (Lipinski definition) is 1. The Bertz CT molecular complexity index is 728. The van der Waals surface area contributed by atoms with E-state index in [1.165, 1.54) is 22.9 Å². The molecule has 2 atom stereocenters. The van der Waals surface area contributed by atoms with E-state index in [9.17, 15) is 4.79 Å². The molecular weight excluding hydrogens is 270 g/mol. The minimum absolute atomic E-state index is 0.217. The van der Waals surface area contributed by atoms with Crippen molar-refractivity contribution in [2.24, 2.45) is 11.8 Å². The third-order valence-electron chi connectivity index (χ3n) is 5.26. The first kappa shape index (κ1) is 13.8. The molecule has 0 unspecified atom stereocenters. The van der Waals surface area contributed by atoms with Crippen molar-refractivity contribution < 1.29 is 4.79 Å². The van der Waals surface area contributed by atoms with E-state index in [1.54, 1.807) is 0 Å². The van der Waals surface area contributed by atoms with Crippen LogP contribution >= 0.6 is 0 Å². The van der Waals surface area contributed by atoms with Gasteiger partial charge in [0, 0.05) is 18.7 Å². The number of piperidine rings is 1. The van der Waals surface area contributed by atoms with Gasteiger partial charge in [-0.3, -0.25) is 4.79 Å². The Balaban J connectivity index is 1.77. The first-order valence-electron chi connectivity index (χ1n) is 8.46. The molecule has 2 aromatic carbocycles. The zero-order valence-corrected chi connectivity index (χ0v) is 13.4. The lowest BCUT2D eigenvalue weighted by atomic mass is 9.91. The average molecular weight is 293 g/mol. The third kappa shape index (κ3) is 2.13. The molecule has 0 bridgehead atoms. The maximum atomic E-state index is 13.1. The van der Waals surface area contributed by atoms with E-state index in [0.29, 0.717) is 11.8 Å². The molecule has 1 aliphatic carbocycles. The predicted octanol–water partition coefficient (Wildman–Crippen LogP) is 4.06. The molecule has 2 aromatic rings. The molecule has 0 aromatic heterocycles. The highest BCUT2D eigenvalue weighted by molar-refractivity contribution is 6.09.